The molecular weight excluding hydrogens is 290 g/mol. The SMILES string of the molecule is C#CCCC1(CCC(=O)N2CCNC(c3ccncc3)C2)N=N1. The number of hydrogen-bond acceptors (Lipinski definition) is 5. The van der Waals surface area contributed by atoms with Crippen molar-refractivity contribution in [1.29, 1.82) is 0 Å². The van der Waals surface area contributed by atoms with E-state index in [1.54, 1.807) is 12.4 Å². The van der Waals surface area contributed by atoms with Gasteiger partial charge in [-0.2, -0.15) is 10.2 Å². The Morgan fingerprint density at radius 2 is 2.17 bits per heavy atom. The number of nitrogens with one attached hydrogen (secondary N) is 1. The van der Waals surface area contributed by atoms with Gasteiger partial charge in [-0.3, -0.25) is 9.78 Å². The Morgan fingerprint density at radius 3 is 2.87 bits per heavy atom. The average Bonchev–Trinajstić information content (AvgIpc) is 3.39. The van der Waals surface area contributed by atoms with Gasteiger partial charge in [0.25, 0.3) is 0 Å². The molecule has 2 aliphatic heterocycles. The number of rotatable bonds is 6. The van der Waals surface area contributed by atoms with Crippen LogP contribution in [0.2, 0.25) is 0 Å². The molecule has 23 heavy (non-hydrogen) atoms. The third kappa shape index (κ3) is 3.93. The summed E-state index contributed by atoms with van der Waals surface area (Å²) in [4.78, 5) is 18.5. The van der Waals surface area contributed by atoms with Crippen molar-refractivity contribution in [2.75, 3.05) is 19.6 Å². The molecule has 3 heterocycles. The molecule has 0 aliphatic carbocycles. The van der Waals surface area contributed by atoms with Crippen LogP contribution in [-0.2, 0) is 4.79 Å². The molecule has 0 spiro atoms. The highest BCUT2D eigenvalue weighted by atomic mass is 16.2. The summed E-state index contributed by atoms with van der Waals surface area (Å²) in [5, 5.41) is 11.6. The summed E-state index contributed by atoms with van der Waals surface area (Å²) in [5.74, 6) is 2.78. The molecule has 120 valence electrons. The molecule has 0 radical (unpaired) electrons. The summed E-state index contributed by atoms with van der Waals surface area (Å²) in [6.45, 7) is 2.23. The fourth-order valence-electron chi connectivity index (χ4n) is 2.93. The van der Waals surface area contributed by atoms with Gasteiger partial charge in [0.05, 0.1) is 6.04 Å². The van der Waals surface area contributed by atoms with Gasteiger partial charge in [-0.1, -0.05) is 0 Å². The summed E-state index contributed by atoms with van der Waals surface area (Å²) in [7, 11) is 0. The molecule has 1 fully saturated rings. The lowest BCUT2D eigenvalue weighted by molar-refractivity contribution is -0.132. The first-order chi connectivity index (χ1) is 11.2. The molecule has 1 aromatic rings. The number of terminal acetylenes is 1. The van der Waals surface area contributed by atoms with Crippen molar-refractivity contribution in [3.8, 4) is 12.3 Å². The lowest BCUT2D eigenvalue weighted by Crippen LogP contribution is -2.48. The number of amides is 1. The van der Waals surface area contributed by atoms with Gasteiger partial charge < -0.3 is 10.2 Å². The van der Waals surface area contributed by atoms with E-state index in [0.717, 1.165) is 25.1 Å². The first kappa shape index (κ1) is 15.6. The number of carbonyl (C=O) groups is 1. The van der Waals surface area contributed by atoms with E-state index in [1.165, 1.54) is 0 Å². The molecule has 2 aliphatic rings. The second-order valence-electron chi connectivity index (χ2n) is 6.01. The monoisotopic (exact) mass is 311 g/mol. The van der Waals surface area contributed by atoms with Crippen LogP contribution in [0.1, 0.15) is 37.3 Å². The summed E-state index contributed by atoms with van der Waals surface area (Å²) in [6, 6.07) is 4.14. The standard InChI is InChI=1S/C17H21N5O/c1-2-3-7-17(20-21-17)8-4-16(23)22-12-11-19-15(13-22)14-5-9-18-10-6-14/h1,5-6,9-10,15,19H,3-4,7-8,11-13H2. The van der Waals surface area contributed by atoms with Gasteiger partial charge in [-0.25, -0.2) is 0 Å². The normalized spacial score (nSPS) is 21.7. The lowest BCUT2D eigenvalue weighted by atomic mass is 10.0. The summed E-state index contributed by atoms with van der Waals surface area (Å²) >= 11 is 0. The van der Waals surface area contributed by atoms with E-state index in [-0.39, 0.29) is 17.6 Å². The third-order valence-electron chi connectivity index (χ3n) is 4.43. The first-order valence-corrected chi connectivity index (χ1v) is 8.01. The quantitative estimate of drug-likeness (QED) is 0.816. The predicted molar refractivity (Wildman–Crippen MR) is 86.4 cm³/mol. The van der Waals surface area contributed by atoms with Gasteiger partial charge in [-0.05, 0) is 17.7 Å². The molecule has 1 saturated heterocycles. The largest absolute Gasteiger partial charge is 0.340 e. The van der Waals surface area contributed by atoms with Gasteiger partial charge >= 0.3 is 0 Å². The molecule has 3 rings (SSSR count). The van der Waals surface area contributed by atoms with E-state index < -0.39 is 0 Å². The second-order valence-corrected chi connectivity index (χ2v) is 6.01. The zero-order chi connectivity index (χ0) is 16.1. The number of hydrogen-bond donors (Lipinski definition) is 1. The minimum atomic E-state index is -0.374. The molecule has 6 nitrogen and oxygen atoms in total. The van der Waals surface area contributed by atoms with E-state index in [1.807, 2.05) is 17.0 Å². The van der Waals surface area contributed by atoms with Gasteiger partial charge in [0.15, 0.2) is 5.66 Å². The number of carbonyl (C=O) groups excluding carboxylic acids is 1. The van der Waals surface area contributed by atoms with Crippen LogP contribution in [-0.4, -0.2) is 41.1 Å². The van der Waals surface area contributed by atoms with Crippen LogP contribution in [0, 0.1) is 12.3 Å². The highest BCUT2D eigenvalue weighted by molar-refractivity contribution is 5.76. The minimum absolute atomic E-state index is 0.168. The summed E-state index contributed by atoms with van der Waals surface area (Å²) < 4.78 is 0. The van der Waals surface area contributed by atoms with Crippen molar-refractivity contribution in [1.82, 2.24) is 15.2 Å². The molecule has 1 aromatic heterocycles. The van der Waals surface area contributed by atoms with Gasteiger partial charge in [0.1, 0.15) is 0 Å². The van der Waals surface area contributed by atoms with E-state index in [9.17, 15) is 4.79 Å². The van der Waals surface area contributed by atoms with Gasteiger partial charge in [0.2, 0.25) is 5.91 Å². The number of pyridine rings is 1. The van der Waals surface area contributed by atoms with Crippen LogP contribution in [0.5, 0.6) is 0 Å². The van der Waals surface area contributed by atoms with Crippen molar-refractivity contribution in [2.45, 2.75) is 37.4 Å². The number of aromatic nitrogens is 1. The van der Waals surface area contributed by atoms with Crippen molar-refractivity contribution in [3.63, 3.8) is 0 Å². The van der Waals surface area contributed by atoms with E-state index in [0.29, 0.717) is 25.8 Å². The Balaban J connectivity index is 1.51. The lowest BCUT2D eigenvalue weighted by Gasteiger charge is -2.34. The Hall–Kier alpha value is -2.26. The molecule has 1 unspecified atom stereocenters. The van der Waals surface area contributed by atoms with Crippen molar-refractivity contribution >= 4 is 5.91 Å². The van der Waals surface area contributed by atoms with Crippen molar-refractivity contribution < 1.29 is 4.79 Å². The maximum atomic E-state index is 12.5. The van der Waals surface area contributed by atoms with E-state index in [4.69, 9.17) is 6.42 Å². The smallest absolute Gasteiger partial charge is 0.222 e. The zero-order valence-corrected chi connectivity index (χ0v) is 13.1. The van der Waals surface area contributed by atoms with Crippen molar-refractivity contribution in [2.24, 2.45) is 10.2 Å². The highest BCUT2D eigenvalue weighted by Crippen LogP contribution is 2.37. The zero-order valence-electron chi connectivity index (χ0n) is 13.1. The van der Waals surface area contributed by atoms with Gasteiger partial charge in [0, 0.05) is 57.7 Å². The molecule has 1 atom stereocenters. The van der Waals surface area contributed by atoms with Crippen LogP contribution in [0.15, 0.2) is 34.8 Å². The van der Waals surface area contributed by atoms with Crippen molar-refractivity contribution in [3.05, 3.63) is 30.1 Å². The fourth-order valence-corrected chi connectivity index (χ4v) is 2.93. The van der Waals surface area contributed by atoms with Crippen LogP contribution in [0.3, 0.4) is 0 Å². The molecule has 0 aromatic carbocycles. The maximum Gasteiger partial charge on any atom is 0.222 e. The van der Waals surface area contributed by atoms with Crippen LogP contribution < -0.4 is 5.32 Å². The Labute approximate surface area is 136 Å². The summed E-state index contributed by atoms with van der Waals surface area (Å²) in [6.07, 6.45) is 11.4. The second kappa shape index (κ2) is 6.88. The molecule has 1 N–H and O–H groups in total. The average molecular weight is 311 g/mol. The van der Waals surface area contributed by atoms with E-state index >= 15 is 0 Å². The molecule has 0 bridgehead atoms. The number of piperazine rings is 1. The number of nitrogens with zero attached hydrogens (tertiary/aromatic N) is 4. The minimum Gasteiger partial charge on any atom is -0.340 e. The molecule has 0 saturated carbocycles. The predicted octanol–water partition coefficient (Wildman–Crippen LogP) is 1.91. The van der Waals surface area contributed by atoms with Crippen LogP contribution in [0.4, 0.5) is 0 Å². The molecular formula is C17H21N5O. The molecule has 6 heteroatoms. The Morgan fingerprint density at radius 1 is 1.39 bits per heavy atom. The maximum absolute atomic E-state index is 12.5. The van der Waals surface area contributed by atoms with Crippen LogP contribution in [0.25, 0.3) is 0 Å². The Bertz CT molecular complexity index is 616. The first-order valence-electron chi connectivity index (χ1n) is 8.01. The molecule has 1 amide bonds. The highest BCUT2D eigenvalue weighted by Gasteiger charge is 2.39. The van der Waals surface area contributed by atoms with Gasteiger partial charge in [-0.15, -0.1) is 12.3 Å². The topological polar surface area (TPSA) is 70.0 Å². The third-order valence-corrected chi connectivity index (χ3v) is 4.43. The van der Waals surface area contributed by atoms with Crippen LogP contribution >= 0.6 is 0 Å². The summed E-state index contributed by atoms with van der Waals surface area (Å²) in [5.41, 5.74) is 0.788. The van der Waals surface area contributed by atoms with E-state index in [2.05, 4.69) is 26.4 Å². The fraction of sp³-hybridized carbons (Fsp3) is 0.529. The Kier molecular flexibility index (Phi) is 4.68.